The molecule has 20 heavy (non-hydrogen) atoms. The van der Waals surface area contributed by atoms with Crippen molar-refractivity contribution in [2.45, 2.75) is 31.0 Å². The number of rotatable bonds is 4. The van der Waals surface area contributed by atoms with E-state index in [4.69, 9.17) is 16.7 Å². The molecule has 1 aliphatic rings. The Morgan fingerprint density at radius 2 is 2.15 bits per heavy atom. The van der Waals surface area contributed by atoms with Crippen LogP contribution in [0.5, 0.6) is 0 Å². The third kappa shape index (κ3) is 3.47. The summed E-state index contributed by atoms with van der Waals surface area (Å²) >= 11 is 6.16. The Morgan fingerprint density at radius 1 is 1.50 bits per heavy atom. The summed E-state index contributed by atoms with van der Waals surface area (Å²) < 4.78 is 14.9. The highest BCUT2D eigenvalue weighted by Crippen LogP contribution is 2.39. The van der Waals surface area contributed by atoms with Gasteiger partial charge in [-0.1, -0.05) is 11.6 Å². The van der Waals surface area contributed by atoms with Crippen LogP contribution in [-0.4, -0.2) is 52.9 Å². The number of hydrogen-bond acceptors (Lipinski definition) is 4. The highest BCUT2D eigenvalue weighted by molar-refractivity contribution is 6.31. The number of aliphatic hydroxyl groups is 2. The van der Waals surface area contributed by atoms with Gasteiger partial charge in [-0.25, -0.2) is 4.39 Å². The van der Waals surface area contributed by atoms with E-state index in [1.165, 1.54) is 6.20 Å². The molecule has 0 radical (unpaired) electrons. The van der Waals surface area contributed by atoms with E-state index >= 15 is 0 Å². The van der Waals surface area contributed by atoms with E-state index in [-0.39, 0.29) is 18.7 Å². The first-order valence-electron chi connectivity index (χ1n) is 6.76. The van der Waals surface area contributed by atoms with Gasteiger partial charge in [0.15, 0.2) is 5.67 Å². The Bertz CT molecular complexity index is 464. The molecule has 0 amide bonds. The molecule has 0 aromatic carbocycles. The van der Waals surface area contributed by atoms with Gasteiger partial charge in [0.2, 0.25) is 0 Å². The number of aromatic nitrogens is 1. The Labute approximate surface area is 123 Å². The van der Waals surface area contributed by atoms with Crippen molar-refractivity contribution in [1.82, 2.24) is 9.88 Å². The maximum Gasteiger partial charge on any atom is 0.156 e. The second-order valence-corrected chi connectivity index (χ2v) is 5.89. The smallest absolute Gasteiger partial charge is 0.156 e. The molecule has 112 valence electrons. The summed E-state index contributed by atoms with van der Waals surface area (Å²) in [4.78, 5) is 6.25. The molecule has 1 aromatic rings. The predicted octanol–water partition coefficient (Wildman–Crippen LogP) is 1.52. The fourth-order valence-corrected chi connectivity index (χ4v) is 2.82. The quantitative estimate of drug-likeness (QED) is 0.885. The zero-order valence-electron chi connectivity index (χ0n) is 11.5. The Balaban J connectivity index is 2.17. The molecule has 1 saturated heterocycles. The Hall–Kier alpha value is -0.750. The van der Waals surface area contributed by atoms with Crippen LogP contribution in [0.25, 0.3) is 0 Å². The summed E-state index contributed by atoms with van der Waals surface area (Å²) in [5.74, 6) is 0. The minimum atomic E-state index is -1.47. The maximum atomic E-state index is 14.9. The van der Waals surface area contributed by atoms with Crippen LogP contribution in [-0.2, 0) is 12.1 Å². The number of pyridine rings is 1. The van der Waals surface area contributed by atoms with Crippen LogP contribution < -0.4 is 0 Å². The van der Waals surface area contributed by atoms with E-state index < -0.39 is 11.8 Å². The van der Waals surface area contributed by atoms with Gasteiger partial charge in [0.1, 0.15) is 0 Å². The zero-order chi connectivity index (χ0) is 14.8. The van der Waals surface area contributed by atoms with Gasteiger partial charge in [-0.15, -0.1) is 0 Å². The number of aliphatic hydroxyl groups excluding tert-OH is 2. The molecule has 0 spiro atoms. The predicted molar refractivity (Wildman–Crippen MR) is 75.6 cm³/mol. The molecule has 2 N–H and O–H groups in total. The molecule has 1 aliphatic heterocycles. The monoisotopic (exact) mass is 302 g/mol. The van der Waals surface area contributed by atoms with E-state index in [9.17, 15) is 9.50 Å². The van der Waals surface area contributed by atoms with Gasteiger partial charge in [0.05, 0.1) is 23.4 Å². The average Bonchev–Trinajstić information content (AvgIpc) is 2.42. The van der Waals surface area contributed by atoms with Crippen molar-refractivity contribution >= 4 is 11.6 Å². The van der Waals surface area contributed by atoms with Crippen LogP contribution in [0.4, 0.5) is 4.39 Å². The van der Waals surface area contributed by atoms with Gasteiger partial charge in [0.25, 0.3) is 0 Å². The summed E-state index contributed by atoms with van der Waals surface area (Å²) in [6, 6.07) is 1.63. The van der Waals surface area contributed by atoms with E-state index in [0.717, 1.165) is 0 Å². The number of nitrogens with zero attached hydrogens (tertiary/aromatic N) is 2. The van der Waals surface area contributed by atoms with Crippen LogP contribution in [0.15, 0.2) is 12.3 Å². The second kappa shape index (κ2) is 6.35. The topological polar surface area (TPSA) is 56.6 Å². The molecule has 0 saturated carbocycles. The van der Waals surface area contributed by atoms with Crippen LogP contribution in [0.1, 0.15) is 24.1 Å². The highest BCUT2D eigenvalue weighted by atomic mass is 35.5. The largest absolute Gasteiger partial charge is 0.394 e. The van der Waals surface area contributed by atoms with E-state index in [2.05, 4.69) is 9.88 Å². The second-order valence-electron chi connectivity index (χ2n) is 5.48. The van der Waals surface area contributed by atoms with E-state index in [1.807, 2.05) is 7.05 Å². The molecule has 1 atom stereocenters. The van der Waals surface area contributed by atoms with Crippen LogP contribution >= 0.6 is 11.6 Å². The lowest BCUT2D eigenvalue weighted by atomic mass is 9.89. The number of halogens is 2. The van der Waals surface area contributed by atoms with Crippen molar-refractivity contribution < 1.29 is 14.6 Å². The van der Waals surface area contributed by atoms with Crippen molar-refractivity contribution in [2.75, 3.05) is 26.7 Å². The van der Waals surface area contributed by atoms with Crippen molar-refractivity contribution in [3.8, 4) is 0 Å². The Kier molecular flexibility index (Phi) is 4.96. The first-order valence-corrected chi connectivity index (χ1v) is 7.14. The summed E-state index contributed by atoms with van der Waals surface area (Å²) in [6.07, 6.45) is 1.70. The van der Waals surface area contributed by atoms with Crippen LogP contribution in [0.2, 0.25) is 5.02 Å². The maximum absolute atomic E-state index is 14.9. The van der Waals surface area contributed by atoms with Crippen molar-refractivity contribution in [1.29, 1.82) is 0 Å². The average molecular weight is 303 g/mol. The van der Waals surface area contributed by atoms with Gasteiger partial charge in [-0.2, -0.15) is 0 Å². The lowest BCUT2D eigenvalue weighted by Crippen LogP contribution is -2.38. The Morgan fingerprint density at radius 3 is 2.70 bits per heavy atom. The first-order chi connectivity index (χ1) is 9.44. The van der Waals surface area contributed by atoms with Gasteiger partial charge in [0, 0.05) is 25.7 Å². The molecule has 1 fully saturated rings. The van der Waals surface area contributed by atoms with Gasteiger partial charge < -0.3 is 15.1 Å². The lowest BCUT2D eigenvalue weighted by molar-refractivity contribution is 0.0634. The minimum Gasteiger partial charge on any atom is -0.394 e. The molecular weight excluding hydrogens is 283 g/mol. The molecule has 4 nitrogen and oxygen atoms in total. The lowest BCUT2D eigenvalue weighted by Gasteiger charge is -2.34. The molecule has 2 rings (SSSR count). The van der Waals surface area contributed by atoms with Crippen molar-refractivity contribution in [3.63, 3.8) is 0 Å². The van der Waals surface area contributed by atoms with E-state index in [0.29, 0.717) is 36.5 Å². The van der Waals surface area contributed by atoms with E-state index in [1.54, 1.807) is 6.07 Å². The van der Waals surface area contributed by atoms with Crippen molar-refractivity contribution in [3.05, 3.63) is 28.5 Å². The van der Waals surface area contributed by atoms with Gasteiger partial charge in [-0.05, 0) is 31.5 Å². The molecule has 1 aromatic heterocycles. The van der Waals surface area contributed by atoms with Crippen LogP contribution in [0.3, 0.4) is 0 Å². The van der Waals surface area contributed by atoms with Crippen molar-refractivity contribution in [2.24, 2.45) is 0 Å². The van der Waals surface area contributed by atoms with Crippen LogP contribution in [0, 0.1) is 0 Å². The third-order valence-corrected chi connectivity index (χ3v) is 4.07. The molecule has 0 unspecified atom stereocenters. The molecule has 2 heterocycles. The molecule has 6 heteroatoms. The normalized spacial score (nSPS) is 20.9. The molecular formula is C14H20ClFN2O2. The number of likely N-dealkylation sites (tertiary alicyclic amines) is 1. The SMILES string of the molecule is CN1CCC(F)(c2ncc(C[C@@H](O)CO)cc2Cl)CC1. The summed E-state index contributed by atoms with van der Waals surface area (Å²) in [6.45, 7) is 1.04. The minimum absolute atomic E-state index is 0.255. The fourth-order valence-electron chi connectivity index (χ4n) is 2.47. The fraction of sp³-hybridized carbons (Fsp3) is 0.643. The number of hydrogen-bond donors (Lipinski definition) is 2. The highest BCUT2D eigenvalue weighted by Gasteiger charge is 2.38. The van der Waals surface area contributed by atoms with Gasteiger partial charge in [-0.3, -0.25) is 4.98 Å². The third-order valence-electron chi connectivity index (χ3n) is 3.78. The standard InChI is InChI=1S/C14H20ClFN2O2/c1-18-4-2-14(16,3-5-18)13-12(15)7-10(8-17-13)6-11(20)9-19/h7-8,11,19-20H,2-6,9H2,1H3/t11-/m1/s1. The summed E-state index contributed by atoms with van der Waals surface area (Å²) in [7, 11) is 1.97. The number of alkyl halides is 1. The molecule has 0 aliphatic carbocycles. The summed E-state index contributed by atoms with van der Waals surface area (Å²) in [5, 5.41) is 18.5. The first kappa shape index (κ1) is 15.6. The summed E-state index contributed by atoms with van der Waals surface area (Å²) in [5.41, 5.74) is -0.496. The zero-order valence-corrected chi connectivity index (χ0v) is 12.3. The van der Waals surface area contributed by atoms with Gasteiger partial charge >= 0.3 is 0 Å². The number of piperidine rings is 1. The molecule has 0 bridgehead atoms.